The molecule has 2 aromatic rings. The minimum absolute atomic E-state index is 0.00365. The molecule has 0 radical (unpaired) electrons. The van der Waals surface area contributed by atoms with Crippen molar-refractivity contribution in [2.24, 2.45) is 5.92 Å². The predicted molar refractivity (Wildman–Crippen MR) is 83.7 cm³/mol. The van der Waals surface area contributed by atoms with Crippen LogP contribution in [0.25, 0.3) is 0 Å². The molecule has 0 unspecified atom stereocenters. The van der Waals surface area contributed by atoms with Gasteiger partial charge in [0.1, 0.15) is 0 Å². The molecule has 2 aliphatic heterocycles. The highest BCUT2D eigenvalue weighted by atomic mass is 32.1. The van der Waals surface area contributed by atoms with E-state index in [1.807, 2.05) is 6.07 Å². The SMILES string of the molecule is O=C(O)c1csc(N2C[C@@H]3COC[C@]3(c3ccccc3)C2)n1. The van der Waals surface area contributed by atoms with Gasteiger partial charge in [-0.25, -0.2) is 9.78 Å². The van der Waals surface area contributed by atoms with E-state index in [-0.39, 0.29) is 11.1 Å². The summed E-state index contributed by atoms with van der Waals surface area (Å²) in [5.74, 6) is -0.546. The summed E-state index contributed by atoms with van der Waals surface area (Å²) < 4.78 is 5.76. The molecule has 0 amide bonds. The maximum atomic E-state index is 11.0. The number of rotatable bonds is 3. The van der Waals surface area contributed by atoms with Crippen LogP contribution < -0.4 is 4.90 Å². The maximum absolute atomic E-state index is 11.0. The second-order valence-corrected chi connectivity index (χ2v) is 6.77. The number of carboxylic acids is 1. The van der Waals surface area contributed by atoms with E-state index in [9.17, 15) is 4.79 Å². The number of ether oxygens (including phenoxy) is 1. The van der Waals surface area contributed by atoms with Crippen molar-refractivity contribution in [2.45, 2.75) is 5.41 Å². The fourth-order valence-corrected chi connectivity index (χ4v) is 4.38. The summed E-state index contributed by atoms with van der Waals surface area (Å²) in [6, 6.07) is 10.5. The third-order valence-corrected chi connectivity index (χ3v) is 5.61. The molecule has 0 spiro atoms. The molecule has 6 heteroatoms. The number of anilines is 1. The highest BCUT2D eigenvalue weighted by Crippen LogP contribution is 2.45. The number of hydrogen-bond donors (Lipinski definition) is 1. The topological polar surface area (TPSA) is 62.7 Å². The molecule has 1 aromatic heterocycles. The van der Waals surface area contributed by atoms with Crippen LogP contribution in [0.3, 0.4) is 0 Å². The lowest BCUT2D eigenvalue weighted by atomic mass is 9.75. The molecule has 1 aromatic carbocycles. The van der Waals surface area contributed by atoms with Gasteiger partial charge in [0.05, 0.1) is 13.2 Å². The van der Waals surface area contributed by atoms with Gasteiger partial charge in [-0.2, -0.15) is 0 Å². The van der Waals surface area contributed by atoms with Crippen molar-refractivity contribution >= 4 is 22.4 Å². The van der Waals surface area contributed by atoms with E-state index < -0.39 is 5.97 Å². The number of benzene rings is 1. The van der Waals surface area contributed by atoms with Crippen molar-refractivity contribution in [2.75, 3.05) is 31.2 Å². The number of hydrogen-bond acceptors (Lipinski definition) is 5. The van der Waals surface area contributed by atoms with Gasteiger partial charge < -0.3 is 14.7 Å². The Kier molecular flexibility index (Phi) is 3.16. The maximum Gasteiger partial charge on any atom is 0.355 e. The molecule has 0 bridgehead atoms. The van der Waals surface area contributed by atoms with E-state index in [4.69, 9.17) is 9.84 Å². The summed E-state index contributed by atoms with van der Waals surface area (Å²) >= 11 is 1.40. The average Bonchev–Trinajstić information content (AvgIpc) is 3.21. The Morgan fingerprint density at radius 2 is 2.23 bits per heavy atom. The molecule has 0 aliphatic carbocycles. The fourth-order valence-electron chi connectivity index (χ4n) is 3.57. The number of carbonyl (C=O) groups is 1. The van der Waals surface area contributed by atoms with Crippen molar-refractivity contribution in [3.05, 3.63) is 47.0 Å². The Labute approximate surface area is 132 Å². The van der Waals surface area contributed by atoms with Gasteiger partial charge in [0.25, 0.3) is 0 Å². The first-order valence-electron chi connectivity index (χ1n) is 7.26. The summed E-state index contributed by atoms with van der Waals surface area (Å²) in [6.07, 6.45) is 0. The van der Waals surface area contributed by atoms with E-state index in [0.717, 1.165) is 31.4 Å². The lowest BCUT2D eigenvalue weighted by Gasteiger charge is -2.27. The van der Waals surface area contributed by atoms with Crippen molar-refractivity contribution < 1.29 is 14.6 Å². The van der Waals surface area contributed by atoms with Crippen LogP contribution >= 0.6 is 11.3 Å². The number of aromatic nitrogens is 1. The molecule has 2 atom stereocenters. The van der Waals surface area contributed by atoms with Crippen molar-refractivity contribution in [1.29, 1.82) is 0 Å². The van der Waals surface area contributed by atoms with Gasteiger partial charge in [-0.15, -0.1) is 11.3 Å². The van der Waals surface area contributed by atoms with Gasteiger partial charge in [-0.1, -0.05) is 30.3 Å². The Hall–Kier alpha value is -1.92. The van der Waals surface area contributed by atoms with Gasteiger partial charge in [0.15, 0.2) is 10.8 Å². The lowest BCUT2D eigenvalue weighted by molar-refractivity contribution is 0.0691. The molecule has 0 saturated carbocycles. The fraction of sp³-hybridized carbons (Fsp3) is 0.375. The van der Waals surface area contributed by atoms with E-state index >= 15 is 0 Å². The van der Waals surface area contributed by atoms with Crippen LogP contribution in [-0.2, 0) is 10.2 Å². The largest absolute Gasteiger partial charge is 0.476 e. The zero-order valence-corrected chi connectivity index (χ0v) is 12.8. The molecule has 114 valence electrons. The average molecular weight is 316 g/mol. The molecular weight excluding hydrogens is 300 g/mol. The third kappa shape index (κ3) is 2.02. The van der Waals surface area contributed by atoms with E-state index in [0.29, 0.717) is 5.92 Å². The van der Waals surface area contributed by atoms with Gasteiger partial charge >= 0.3 is 5.97 Å². The number of carboxylic acid groups (broad SMARTS) is 1. The predicted octanol–water partition coefficient (Wildman–Crippen LogP) is 2.25. The summed E-state index contributed by atoms with van der Waals surface area (Å²) in [7, 11) is 0. The van der Waals surface area contributed by atoms with Crippen molar-refractivity contribution in [3.63, 3.8) is 0 Å². The van der Waals surface area contributed by atoms with E-state index in [1.54, 1.807) is 5.38 Å². The molecular formula is C16H16N2O3S. The zero-order chi connectivity index (χ0) is 15.2. The summed E-state index contributed by atoms with van der Waals surface area (Å²) in [6.45, 7) is 3.16. The molecule has 2 aliphatic rings. The van der Waals surface area contributed by atoms with Crippen LogP contribution in [0.5, 0.6) is 0 Å². The molecule has 1 N–H and O–H groups in total. The smallest absolute Gasteiger partial charge is 0.355 e. The Balaban J connectivity index is 1.65. The normalized spacial score (nSPS) is 27.1. The summed E-state index contributed by atoms with van der Waals surface area (Å²) in [5.41, 5.74) is 1.42. The lowest BCUT2D eigenvalue weighted by Crippen LogP contribution is -2.35. The van der Waals surface area contributed by atoms with Gasteiger partial charge in [-0.3, -0.25) is 0 Å². The van der Waals surface area contributed by atoms with Crippen LogP contribution in [0.1, 0.15) is 16.1 Å². The van der Waals surface area contributed by atoms with Gasteiger partial charge in [0.2, 0.25) is 0 Å². The minimum atomic E-state index is -0.969. The Bertz CT molecular complexity index is 702. The molecule has 22 heavy (non-hydrogen) atoms. The monoisotopic (exact) mass is 316 g/mol. The van der Waals surface area contributed by atoms with Gasteiger partial charge in [-0.05, 0) is 5.56 Å². The third-order valence-electron chi connectivity index (χ3n) is 4.70. The van der Waals surface area contributed by atoms with E-state index in [1.165, 1.54) is 16.9 Å². The van der Waals surface area contributed by atoms with Crippen LogP contribution in [0.15, 0.2) is 35.7 Å². The first-order valence-corrected chi connectivity index (χ1v) is 8.14. The Morgan fingerprint density at radius 3 is 2.95 bits per heavy atom. The highest BCUT2D eigenvalue weighted by molar-refractivity contribution is 7.13. The molecule has 4 rings (SSSR count). The summed E-state index contributed by atoms with van der Waals surface area (Å²) in [4.78, 5) is 17.5. The standard InChI is InChI=1S/C16H16N2O3S/c19-14(20)13-8-22-15(17-13)18-6-12-7-21-10-16(12,9-18)11-4-2-1-3-5-11/h1-5,8,12H,6-7,9-10H2,(H,19,20)/t12-,16+/m1/s1. The Morgan fingerprint density at radius 1 is 1.41 bits per heavy atom. The van der Waals surface area contributed by atoms with Crippen molar-refractivity contribution in [3.8, 4) is 0 Å². The first-order chi connectivity index (χ1) is 10.7. The number of nitrogens with zero attached hydrogens (tertiary/aromatic N) is 2. The highest BCUT2D eigenvalue weighted by Gasteiger charge is 2.52. The number of thiazole rings is 1. The van der Waals surface area contributed by atoms with Gasteiger partial charge in [0, 0.05) is 29.8 Å². The molecule has 2 fully saturated rings. The second kappa shape index (κ2) is 5.07. The van der Waals surface area contributed by atoms with Crippen LogP contribution in [0.4, 0.5) is 5.13 Å². The minimum Gasteiger partial charge on any atom is -0.476 e. The zero-order valence-electron chi connectivity index (χ0n) is 11.9. The summed E-state index contributed by atoms with van der Waals surface area (Å²) in [5, 5.41) is 11.4. The van der Waals surface area contributed by atoms with E-state index in [2.05, 4.69) is 34.1 Å². The molecule has 5 nitrogen and oxygen atoms in total. The van der Waals surface area contributed by atoms with Crippen LogP contribution in [0.2, 0.25) is 0 Å². The quantitative estimate of drug-likeness (QED) is 0.941. The molecule has 3 heterocycles. The van der Waals surface area contributed by atoms with Crippen molar-refractivity contribution in [1.82, 2.24) is 4.98 Å². The first kappa shape index (κ1) is 13.7. The number of fused-ring (bicyclic) bond motifs is 1. The number of aromatic carboxylic acids is 1. The molecule has 2 saturated heterocycles. The van der Waals surface area contributed by atoms with Crippen LogP contribution in [0, 0.1) is 5.92 Å². The van der Waals surface area contributed by atoms with Crippen LogP contribution in [-0.4, -0.2) is 42.4 Å². The second-order valence-electron chi connectivity index (χ2n) is 5.94.